The van der Waals surface area contributed by atoms with Crippen LogP contribution < -0.4 is 5.32 Å². The minimum absolute atomic E-state index is 0.0255. The zero-order valence-corrected chi connectivity index (χ0v) is 15.2. The number of thiazole rings is 1. The molecule has 1 aromatic carbocycles. The van der Waals surface area contributed by atoms with E-state index in [1.54, 1.807) is 0 Å². The van der Waals surface area contributed by atoms with Gasteiger partial charge < -0.3 is 5.32 Å². The van der Waals surface area contributed by atoms with Crippen LogP contribution in [0.5, 0.6) is 0 Å². The topological polar surface area (TPSA) is 123 Å². The van der Waals surface area contributed by atoms with Gasteiger partial charge in [-0.05, 0) is 19.4 Å². The van der Waals surface area contributed by atoms with Gasteiger partial charge >= 0.3 is 0 Å². The molecule has 0 unspecified atom stereocenters. The lowest BCUT2D eigenvalue weighted by molar-refractivity contribution is -0.384. The number of aromatic nitrogens is 1. The highest BCUT2D eigenvalue weighted by Gasteiger charge is 2.36. The molecule has 0 aliphatic carbocycles. The van der Waals surface area contributed by atoms with Crippen LogP contribution in [-0.4, -0.2) is 39.1 Å². The highest BCUT2D eigenvalue weighted by atomic mass is 32.1. The fraction of sp³-hybridized carbons (Fsp3) is 0.294. The van der Waals surface area contributed by atoms with Gasteiger partial charge in [-0.15, -0.1) is 11.3 Å². The third-order valence-electron chi connectivity index (χ3n) is 4.08. The lowest BCUT2D eigenvalue weighted by Crippen LogP contribution is -2.32. The second-order valence-corrected chi connectivity index (χ2v) is 7.05. The minimum atomic E-state index is -0.616. The van der Waals surface area contributed by atoms with Crippen molar-refractivity contribution in [2.45, 2.75) is 26.3 Å². The number of aryl methyl sites for hydroxylation is 1. The highest BCUT2D eigenvalue weighted by molar-refractivity contribution is 7.09. The lowest BCUT2D eigenvalue weighted by atomic mass is 10.1. The zero-order valence-electron chi connectivity index (χ0n) is 14.4. The Morgan fingerprint density at radius 2 is 2.04 bits per heavy atom. The monoisotopic (exact) mass is 388 g/mol. The van der Waals surface area contributed by atoms with Gasteiger partial charge in [-0.2, -0.15) is 0 Å². The van der Waals surface area contributed by atoms with E-state index in [-0.39, 0.29) is 35.7 Å². The van der Waals surface area contributed by atoms with Gasteiger partial charge in [0, 0.05) is 30.5 Å². The predicted octanol–water partition coefficient (Wildman–Crippen LogP) is 2.05. The summed E-state index contributed by atoms with van der Waals surface area (Å²) in [5, 5.41) is 16.4. The van der Waals surface area contributed by atoms with Crippen LogP contribution >= 0.6 is 11.3 Å². The number of imide groups is 1. The maximum Gasteiger partial charge on any atom is 0.270 e. The lowest BCUT2D eigenvalue weighted by Gasteiger charge is -2.13. The molecule has 0 bridgehead atoms. The molecular weight excluding hydrogens is 372 g/mol. The van der Waals surface area contributed by atoms with Crippen LogP contribution in [0.15, 0.2) is 23.6 Å². The van der Waals surface area contributed by atoms with Crippen molar-refractivity contribution < 1.29 is 19.3 Å². The maximum atomic E-state index is 12.3. The van der Waals surface area contributed by atoms with E-state index in [0.717, 1.165) is 21.7 Å². The summed E-state index contributed by atoms with van der Waals surface area (Å²) < 4.78 is 0. The molecule has 9 nitrogen and oxygen atoms in total. The quantitative estimate of drug-likeness (QED) is 0.440. The van der Waals surface area contributed by atoms with Gasteiger partial charge in [-0.3, -0.25) is 29.4 Å². The van der Waals surface area contributed by atoms with Crippen LogP contribution in [0, 0.1) is 17.0 Å². The van der Waals surface area contributed by atoms with Gasteiger partial charge in [0.2, 0.25) is 5.91 Å². The van der Waals surface area contributed by atoms with Gasteiger partial charge in [-0.1, -0.05) is 0 Å². The molecule has 1 aromatic heterocycles. The van der Waals surface area contributed by atoms with Crippen molar-refractivity contribution in [3.05, 3.63) is 55.5 Å². The molecule has 0 fully saturated rings. The zero-order chi connectivity index (χ0) is 19.6. The smallest absolute Gasteiger partial charge is 0.270 e. The Kier molecular flexibility index (Phi) is 5.26. The summed E-state index contributed by atoms with van der Waals surface area (Å²) in [6.45, 7) is 2.29. The molecule has 1 N–H and O–H groups in total. The third-order valence-corrected chi connectivity index (χ3v) is 4.91. The van der Waals surface area contributed by atoms with Crippen LogP contribution in [-0.2, 0) is 11.3 Å². The summed E-state index contributed by atoms with van der Waals surface area (Å²) in [4.78, 5) is 52.0. The number of carbonyl (C=O) groups is 3. The molecule has 3 rings (SSSR count). The van der Waals surface area contributed by atoms with E-state index in [4.69, 9.17) is 0 Å². The molecule has 3 amide bonds. The summed E-state index contributed by atoms with van der Waals surface area (Å²) in [5.41, 5.74) is 0.715. The molecule has 0 saturated heterocycles. The van der Waals surface area contributed by atoms with E-state index < -0.39 is 16.7 Å². The summed E-state index contributed by atoms with van der Waals surface area (Å²) in [6.07, 6.45) is 0.451. The van der Waals surface area contributed by atoms with Crippen LogP contribution in [0.3, 0.4) is 0 Å². The largest absolute Gasteiger partial charge is 0.350 e. The highest BCUT2D eigenvalue weighted by Crippen LogP contribution is 2.26. The van der Waals surface area contributed by atoms with Crippen molar-refractivity contribution in [3.63, 3.8) is 0 Å². The molecule has 1 aliphatic rings. The van der Waals surface area contributed by atoms with Crippen LogP contribution in [0.25, 0.3) is 0 Å². The van der Waals surface area contributed by atoms with E-state index in [0.29, 0.717) is 13.0 Å². The van der Waals surface area contributed by atoms with Crippen LogP contribution in [0.1, 0.15) is 44.3 Å². The number of nitro benzene ring substituents is 1. The Morgan fingerprint density at radius 3 is 2.70 bits per heavy atom. The number of carbonyl (C=O) groups excluding carboxylic acids is 3. The molecule has 0 atom stereocenters. The molecule has 2 heterocycles. The summed E-state index contributed by atoms with van der Waals surface area (Å²) in [7, 11) is 0. The predicted molar refractivity (Wildman–Crippen MR) is 96.4 cm³/mol. The fourth-order valence-electron chi connectivity index (χ4n) is 2.76. The van der Waals surface area contributed by atoms with Crippen molar-refractivity contribution >= 4 is 34.7 Å². The Balaban J connectivity index is 1.52. The molecule has 2 aromatic rings. The Bertz CT molecular complexity index is 939. The number of nitro groups is 1. The fourth-order valence-corrected chi connectivity index (χ4v) is 3.37. The van der Waals surface area contributed by atoms with Crippen molar-refractivity contribution in [3.8, 4) is 0 Å². The van der Waals surface area contributed by atoms with E-state index in [2.05, 4.69) is 10.3 Å². The molecule has 1 aliphatic heterocycles. The molecule has 0 saturated carbocycles. The number of amides is 3. The first-order chi connectivity index (χ1) is 12.9. The maximum absolute atomic E-state index is 12.3. The summed E-state index contributed by atoms with van der Waals surface area (Å²) >= 11 is 1.50. The Hall–Kier alpha value is -3.14. The second kappa shape index (κ2) is 7.62. The number of benzene rings is 1. The Labute approximate surface area is 158 Å². The van der Waals surface area contributed by atoms with Crippen molar-refractivity contribution in [2.24, 2.45) is 0 Å². The number of nitrogens with zero attached hydrogens (tertiary/aromatic N) is 3. The average Bonchev–Trinajstić information content (AvgIpc) is 3.16. The van der Waals surface area contributed by atoms with E-state index in [1.165, 1.54) is 23.5 Å². The second-order valence-electron chi connectivity index (χ2n) is 5.99. The minimum Gasteiger partial charge on any atom is -0.350 e. The van der Waals surface area contributed by atoms with E-state index in [1.807, 2.05) is 12.3 Å². The molecule has 10 heteroatoms. The van der Waals surface area contributed by atoms with Gasteiger partial charge in [-0.25, -0.2) is 4.98 Å². The number of fused-ring (bicyclic) bond motifs is 1. The van der Waals surface area contributed by atoms with Crippen molar-refractivity contribution in [1.29, 1.82) is 0 Å². The number of non-ortho nitro benzene ring substituents is 1. The van der Waals surface area contributed by atoms with Gasteiger partial charge in [0.05, 0.1) is 33.3 Å². The number of nitrogens with one attached hydrogen (secondary N) is 1. The first-order valence-electron chi connectivity index (χ1n) is 8.19. The number of rotatable bonds is 7. The molecule has 0 radical (unpaired) electrons. The number of hydrogen-bond donors (Lipinski definition) is 1. The summed E-state index contributed by atoms with van der Waals surface area (Å²) in [6, 6.07) is 3.59. The normalized spacial score (nSPS) is 13.0. The van der Waals surface area contributed by atoms with E-state index >= 15 is 0 Å². The van der Waals surface area contributed by atoms with Crippen LogP contribution in [0.2, 0.25) is 0 Å². The number of hydrogen-bond acceptors (Lipinski definition) is 7. The SMILES string of the molecule is Cc1nc(CNC(=O)CCCN2C(=O)c3ccc([N+](=O)[O-])cc3C2=O)cs1. The molecule has 27 heavy (non-hydrogen) atoms. The summed E-state index contributed by atoms with van der Waals surface area (Å²) in [5.74, 6) is -1.27. The van der Waals surface area contributed by atoms with Gasteiger partial charge in [0.15, 0.2) is 0 Å². The average molecular weight is 388 g/mol. The van der Waals surface area contributed by atoms with Crippen LogP contribution in [0.4, 0.5) is 5.69 Å². The third kappa shape index (κ3) is 4.00. The first kappa shape index (κ1) is 18.6. The Morgan fingerprint density at radius 1 is 1.30 bits per heavy atom. The van der Waals surface area contributed by atoms with Crippen molar-refractivity contribution in [1.82, 2.24) is 15.2 Å². The standard InChI is InChI=1S/C17H16N4O5S/c1-10-19-11(9-27-10)8-18-15(22)3-2-6-20-16(23)13-5-4-12(21(25)26)7-14(13)17(20)24/h4-5,7,9H,2-3,6,8H2,1H3,(H,18,22). The molecule has 140 valence electrons. The van der Waals surface area contributed by atoms with Gasteiger partial charge in [0.25, 0.3) is 17.5 Å². The van der Waals surface area contributed by atoms with Crippen molar-refractivity contribution in [2.75, 3.05) is 6.54 Å². The van der Waals surface area contributed by atoms with E-state index in [9.17, 15) is 24.5 Å². The van der Waals surface area contributed by atoms with Gasteiger partial charge in [0.1, 0.15) is 0 Å². The first-order valence-corrected chi connectivity index (χ1v) is 9.07. The molecule has 0 spiro atoms. The molecular formula is C17H16N4O5S.